The van der Waals surface area contributed by atoms with Gasteiger partial charge in [0.2, 0.25) is 5.91 Å². The molecule has 3 rings (SSSR count). The summed E-state index contributed by atoms with van der Waals surface area (Å²) in [4.78, 5) is 29.3. The third kappa shape index (κ3) is 6.55. The first kappa shape index (κ1) is 22.3. The Morgan fingerprint density at radius 1 is 1.16 bits per heavy atom. The maximum absolute atomic E-state index is 12.8. The molecule has 9 heteroatoms. The molecule has 2 aromatic carbocycles. The van der Waals surface area contributed by atoms with Gasteiger partial charge in [-0.05, 0) is 42.3 Å². The van der Waals surface area contributed by atoms with Gasteiger partial charge in [0.15, 0.2) is 0 Å². The Labute approximate surface area is 185 Å². The number of nitrogens with one attached hydrogen (secondary N) is 2. The highest BCUT2D eigenvalue weighted by molar-refractivity contribution is 6.30. The normalized spacial score (nSPS) is 11.7. The van der Waals surface area contributed by atoms with Gasteiger partial charge in [0.1, 0.15) is 31.1 Å². The van der Waals surface area contributed by atoms with Crippen molar-refractivity contribution in [2.75, 3.05) is 11.9 Å². The Morgan fingerprint density at radius 3 is 2.61 bits per heavy atom. The number of hydrogen-bond donors (Lipinski definition) is 2. The summed E-state index contributed by atoms with van der Waals surface area (Å²) in [6.07, 6.45) is 3.08. The number of benzene rings is 2. The minimum atomic E-state index is -0.708. The molecule has 0 aliphatic rings. The third-order valence-corrected chi connectivity index (χ3v) is 4.75. The zero-order chi connectivity index (χ0) is 22.2. The molecule has 0 bridgehead atoms. The lowest BCUT2D eigenvalue weighted by Crippen LogP contribution is -2.47. The van der Waals surface area contributed by atoms with Crippen LogP contribution in [0.5, 0.6) is 5.75 Å². The molecule has 1 unspecified atom stereocenters. The molecule has 1 atom stereocenters. The summed E-state index contributed by atoms with van der Waals surface area (Å²) in [5.41, 5.74) is 1.01. The lowest BCUT2D eigenvalue weighted by Gasteiger charge is -2.22. The number of carbonyl (C=O) groups excluding carboxylic acids is 2. The average molecular weight is 442 g/mol. The van der Waals surface area contributed by atoms with Gasteiger partial charge in [0, 0.05) is 22.3 Å². The van der Waals surface area contributed by atoms with E-state index in [-0.39, 0.29) is 17.7 Å². The third-order valence-electron chi connectivity index (χ3n) is 4.50. The second-order valence-corrected chi connectivity index (χ2v) is 7.66. The average Bonchev–Trinajstić information content (AvgIpc) is 3.26. The highest BCUT2D eigenvalue weighted by Gasteiger charge is 2.25. The molecule has 1 heterocycles. The van der Waals surface area contributed by atoms with E-state index >= 15 is 0 Å². The fourth-order valence-electron chi connectivity index (χ4n) is 2.85. The van der Waals surface area contributed by atoms with Crippen molar-refractivity contribution in [3.63, 3.8) is 0 Å². The van der Waals surface area contributed by atoms with Gasteiger partial charge in [0.05, 0.1) is 6.54 Å². The van der Waals surface area contributed by atoms with Crippen LogP contribution < -0.4 is 15.4 Å². The van der Waals surface area contributed by atoms with E-state index in [1.165, 1.54) is 6.33 Å². The molecule has 0 fully saturated rings. The van der Waals surface area contributed by atoms with Crippen molar-refractivity contribution in [2.24, 2.45) is 5.92 Å². The van der Waals surface area contributed by atoms with Crippen molar-refractivity contribution in [1.29, 1.82) is 0 Å². The number of amides is 2. The van der Waals surface area contributed by atoms with E-state index in [2.05, 4.69) is 20.7 Å². The lowest BCUT2D eigenvalue weighted by atomic mass is 10.0. The van der Waals surface area contributed by atoms with Crippen LogP contribution in [-0.2, 0) is 11.3 Å². The van der Waals surface area contributed by atoms with Crippen LogP contribution in [0.1, 0.15) is 24.2 Å². The fraction of sp³-hybridized carbons (Fsp3) is 0.273. The molecular formula is C22H24ClN5O3. The predicted octanol–water partition coefficient (Wildman–Crippen LogP) is 3.40. The molecule has 31 heavy (non-hydrogen) atoms. The molecule has 2 N–H and O–H groups in total. The van der Waals surface area contributed by atoms with Crippen molar-refractivity contribution < 1.29 is 14.3 Å². The van der Waals surface area contributed by atoms with Crippen LogP contribution >= 0.6 is 11.6 Å². The summed E-state index contributed by atoms with van der Waals surface area (Å²) in [6.45, 7) is 4.71. The number of rotatable bonds is 9. The second kappa shape index (κ2) is 10.6. The molecular weight excluding hydrogens is 418 g/mol. The summed E-state index contributed by atoms with van der Waals surface area (Å²) in [6, 6.07) is 12.9. The summed E-state index contributed by atoms with van der Waals surface area (Å²) in [7, 11) is 0. The van der Waals surface area contributed by atoms with Crippen LogP contribution in [0.3, 0.4) is 0 Å². The smallest absolute Gasteiger partial charge is 0.251 e. The minimum Gasteiger partial charge on any atom is -0.492 e. The van der Waals surface area contributed by atoms with Gasteiger partial charge in [-0.25, -0.2) is 9.67 Å². The van der Waals surface area contributed by atoms with E-state index in [1.807, 2.05) is 13.8 Å². The van der Waals surface area contributed by atoms with Crippen molar-refractivity contribution in [3.8, 4) is 5.75 Å². The first-order chi connectivity index (χ1) is 14.9. The van der Waals surface area contributed by atoms with Crippen LogP contribution in [-0.4, -0.2) is 39.2 Å². The Bertz CT molecular complexity index is 1010. The van der Waals surface area contributed by atoms with Gasteiger partial charge in [-0.15, -0.1) is 0 Å². The van der Waals surface area contributed by atoms with E-state index in [4.69, 9.17) is 16.3 Å². The van der Waals surface area contributed by atoms with E-state index in [0.29, 0.717) is 35.2 Å². The molecule has 0 aliphatic carbocycles. The van der Waals surface area contributed by atoms with Crippen LogP contribution in [0.15, 0.2) is 61.2 Å². The van der Waals surface area contributed by atoms with Gasteiger partial charge < -0.3 is 15.4 Å². The molecule has 0 spiro atoms. The molecule has 162 valence electrons. The second-order valence-electron chi connectivity index (χ2n) is 7.23. The summed E-state index contributed by atoms with van der Waals surface area (Å²) in [5.74, 6) is -0.143. The van der Waals surface area contributed by atoms with E-state index in [1.54, 1.807) is 59.5 Å². The van der Waals surface area contributed by atoms with Gasteiger partial charge in [-0.1, -0.05) is 31.5 Å². The molecule has 0 radical (unpaired) electrons. The fourth-order valence-corrected chi connectivity index (χ4v) is 2.98. The van der Waals surface area contributed by atoms with Crippen molar-refractivity contribution >= 4 is 29.1 Å². The Morgan fingerprint density at radius 2 is 1.94 bits per heavy atom. The number of ether oxygens (including phenoxy) is 1. The van der Waals surface area contributed by atoms with Gasteiger partial charge in [-0.3, -0.25) is 9.59 Å². The SMILES string of the molecule is CC(C)C(NC(=O)c1ccc(Cl)cc1)C(=O)Nc1cccc(OCCn2cncn2)c1. The highest BCUT2D eigenvalue weighted by Crippen LogP contribution is 2.18. The van der Waals surface area contributed by atoms with E-state index in [0.717, 1.165) is 0 Å². The topological polar surface area (TPSA) is 98.1 Å². The number of halogens is 1. The Balaban J connectivity index is 1.59. The lowest BCUT2D eigenvalue weighted by molar-refractivity contribution is -0.118. The largest absolute Gasteiger partial charge is 0.492 e. The molecule has 0 saturated carbocycles. The number of carbonyl (C=O) groups is 2. The highest BCUT2D eigenvalue weighted by atomic mass is 35.5. The van der Waals surface area contributed by atoms with Gasteiger partial charge >= 0.3 is 0 Å². The zero-order valence-corrected chi connectivity index (χ0v) is 18.0. The summed E-state index contributed by atoms with van der Waals surface area (Å²) < 4.78 is 7.39. The Hall–Kier alpha value is -3.39. The number of nitrogens with zero attached hydrogens (tertiary/aromatic N) is 3. The minimum absolute atomic E-state index is 0.113. The molecule has 1 aromatic heterocycles. The van der Waals surface area contributed by atoms with Crippen molar-refractivity contribution in [2.45, 2.75) is 26.4 Å². The van der Waals surface area contributed by atoms with Gasteiger partial charge in [0.25, 0.3) is 5.91 Å². The van der Waals surface area contributed by atoms with E-state index < -0.39 is 6.04 Å². The molecule has 3 aromatic rings. The van der Waals surface area contributed by atoms with Crippen LogP contribution in [0, 0.1) is 5.92 Å². The van der Waals surface area contributed by atoms with Crippen LogP contribution in [0.4, 0.5) is 5.69 Å². The van der Waals surface area contributed by atoms with Crippen LogP contribution in [0.2, 0.25) is 5.02 Å². The van der Waals surface area contributed by atoms with E-state index in [9.17, 15) is 9.59 Å². The number of anilines is 1. The molecule has 0 aliphatic heterocycles. The Kier molecular flexibility index (Phi) is 7.61. The number of aromatic nitrogens is 3. The maximum atomic E-state index is 12.8. The monoisotopic (exact) mass is 441 g/mol. The van der Waals surface area contributed by atoms with Crippen molar-refractivity contribution in [3.05, 3.63) is 71.8 Å². The van der Waals surface area contributed by atoms with Crippen molar-refractivity contribution in [1.82, 2.24) is 20.1 Å². The first-order valence-corrected chi connectivity index (χ1v) is 10.2. The zero-order valence-electron chi connectivity index (χ0n) is 17.3. The maximum Gasteiger partial charge on any atom is 0.251 e. The first-order valence-electron chi connectivity index (χ1n) is 9.85. The predicted molar refractivity (Wildman–Crippen MR) is 118 cm³/mol. The van der Waals surface area contributed by atoms with Gasteiger partial charge in [-0.2, -0.15) is 5.10 Å². The molecule has 8 nitrogen and oxygen atoms in total. The summed E-state index contributed by atoms with van der Waals surface area (Å²) >= 11 is 5.87. The van der Waals surface area contributed by atoms with Crippen LogP contribution in [0.25, 0.3) is 0 Å². The molecule has 2 amide bonds. The summed E-state index contributed by atoms with van der Waals surface area (Å²) in [5, 5.41) is 10.2. The standard InChI is InChI=1S/C22H24ClN5O3/c1-15(2)20(27-21(29)16-6-8-17(23)9-7-16)22(30)26-18-4-3-5-19(12-18)31-11-10-28-14-24-13-25-28/h3-9,12-15,20H,10-11H2,1-2H3,(H,26,30)(H,27,29). The quantitative estimate of drug-likeness (QED) is 0.530. The number of hydrogen-bond acceptors (Lipinski definition) is 5. The molecule has 0 saturated heterocycles.